The van der Waals surface area contributed by atoms with E-state index in [0.717, 1.165) is 12.1 Å². The number of benzene rings is 1. The fraction of sp³-hybridized carbons (Fsp3) is 0.286. The van der Waals surface area contributed by atoms with Crippen LogP contribution >= 0.6 is 0 Å². The summed E-state index contributed by atoms with van der Waals surface area (Å²) in [4.78, 5) is 10.8. The minimum absolute atomic E-state index is 0.303. The van der Waals surface area contributed by atoms with Crippen molar-refractivity contribution < 1.29 is 22.7 Å². The average molecular weight is 315 g/mol. The molecule has 2 aromatic rings. The zero-order chi connectivity index (χ0) is 16.8. The van der Waals surface area contributed by atoms with Gasteiger partial charge in [-0.3, -0.25) is 9.48 Å². The van der Waals surface area contributed by atoms with E-state index in [1.807, 2.05) is 0 Å². The van der Waals surface area contributed by atoms with E-state index >= 15 is 0 Å². The molecule has 0 atom stereocenters. The van der Waals surface area contributed by atoms with E-state index in [1.165, 1.54) is 23.0 Å². The smallest absolute Gasteiger partial charge is 0.388 e. The molecule has 0 spiro atoms. The number of halogens is 3. The Hall–Kier alpha value is -2.35. The first-order chi connectivity index (χ1) is 10.3. The van der Waals surface area contributed by atoms with E-state index in [0.29, 0.717) is 23.4 Å². The van der Waals surface area contributed by atoms with E-state index in [9.17, 15) is 18.0 Å². The van der Waals surface area contributed by atoms with Crippen LogP contribution in [0.2, 0.25) is 0 Å². The van der Waals surface area contributed by atoms with Gasteiger partial charge in [-0.1, -0.05) is 0 Å². The highest BCUT2D eigenvalue weighted by Crippen LogP contribution is 2.30. The Kier molecular flexibility index (Phi) is 6.11. The maximum Gasteiger partial charge on any atom is 0.416 e. The molecule has 1 aromatic carbocycles. The van der Waals surface area contributed by atoms with Gasteiger partial charge in [0.25, 0.3) is 0 Å². The summed E-state index contributed by atoms with van der Waals surface area (Å²) in [7, 11) is 4.89. The summed E-state index contributed by atoms with van der Waals surface area (Å²) in [5, 5.41) is 6.79. The van der Waals surface area contributed by atoms with E-state index in [-0.39, 0.29) is 0 Å². The summed E-state index contributed by atoms with van der Waals surface area (Å²) in [6.07, 6.45) is -2.23. The van der Waals surface area contributed by atoms with Crippen LogP contribution in [0.4, 0.5) is 24.7 Å². The van der Waals surface area contributed by atoms with Crippen molar-refractivity contribution in [2.24, 2.45) is 7.05 Å². The molecule has 0 aliphatic rings. The fourth-order valence-corrected chi connectivity index (χ4v) is 1.57. The molecule has 0 radical (unpaired) electrons. The molecule has 0 unspecified atom stereocenters. The summed E-state index contributed by atoms with van der Waals surface area (Å²) < 4.78 is 42.8. The predicted octanol–water partition coefficient (Wildman–Crippen LogP) is 3.26. The Morgan fingerprint density at radius 1 is 1.23 bits per heavy atom. The number of hydrogen-bond donors (Lipinski definition) is 1. The molecule has 5 nitrogen and oxygen atoms in total. The molecular weight excluding hydrogens is 299 g/mol. The highest BCUT2D eigenvalue weighted by atomic mass is 19.4. The lowest BCUT2D eigenvalue weighted by molar-refractivity contribution is -0.137. The van der Waals surface area contributed by atoms with Crippen LogP contribution in [0.3, 0.4) is 0 Å². The number of aryl methyl sites for hydroxylation is 1. The summed E-state index contributed by atoms with van der Waals surface area (Å²) >= 11 is 0. The number of methoxy groups -OCH3 is 1. The quantitative estimate of drug-likeness (QED) is 0.883. The Morgan fingerprint density at radius 3 is 2.23 bits per heavy atom. The van der Waals surface area contributed by atoms with E-state index in [1.54, 1.807) is 21.3 Å². The second kappa shape index (κ2) is 7.60. The van der Waals surface area contributed by atoms with Crippen LogP contribution in [0.15, 0.2) is 30.5 Å². The van der Waals surface area contributed by atoms with Crippen LogP contribution in [0.25, 0.3) is 0 Å². The first-order valence-electron chi connectivity index (χ1n) is 6.15. The van der Waals surface area contributed by atoms with Crippen LogP contribution in [-0.4, -0.2) is 30.3 Å². The van der Waals surface area contributed by atoms with Crippen LogP contribution < -0.4 is 5.32 Å². The lowest BCUT2D eigenvalue weighted by Crippen LogP contribution is -2.04. The molecule has 0 aliphatic carbocycles. The number of nitrogens with one attached hydrogen (secondary N) is 1. The summed E-state index contributed by atoms with van der Waals surface area (Å²) in [5.41, 5.74) is 0.0341. The normalized spacial score (nSPS) is 10.6. The van der Waals surface area contributed by atoms with Gasteiger partial charge < -0.3 is 10.1 Å². The number of alkyl halides is 3. The van der Waals surface area contributed by atoms with Gasteiger partial charge in [-0.05, 0) is 24.3 Å². The number of nitrogens with zero attached hydrogens (tertiary/aromatic N) is 2. The third-order valence-electron chi connectivity index (χ3n) is 2.46. The highest BCUT2D eigenvalue weighted by Gasteiger charge is 2.29. The SMILES string of the molecule is COC.Cn1cc(C=O)c(Nc2ccc(C(F)(F)F)cc2)n1. The molecule has 0 bridgehead atoms. The van der Waals surface area contributed by atoms with E-state index in [4.69, 9.17) is 0 Å². The second-order valence-corrected chi connectivity index (χ2v) is 4.33. The van der Waals surface area contributed by atoms with Crippen molar-refractivity contribution in [3.63, 3.8) is 0 Å². The van der Waals surface area contributed by atoms with Crippen molar-refractivity contribution in [2.45, 2.75) is 6.18 Å². The Labute approximate surface area is 125 Å². The summed E-state index contributed by atoms with van der Waals surface area (Å²) in [6, 6.07) is 4.50. The number of anilines is 2. The second-order valence-electron chi connectivity index (χ2n) is 4.33. The first-order valence-corrected chi connectivity index (χ1v) is 6.15. The summed E-state index contributed by atoms with van der Waals surface area (Å²) in [5.74, 6) is 0.303. The summed E-state index contributed by atoms with van der Waals surface area (Å²) in [6.45, 7) is 0. The van der Waals surface area contributed by atoms with Crippen molar-refractivity contribution >= 4 is 17.8 Å². The average Bonchev–Trinajstić information content (AvgIpc) is 2.79. The molecule has 2 rings (SSSR count). The van der Waals surface area contributed by atoms with Gasteiger partial charge in [0.05, 0.1) is 11.1 Å². The molecule has 0 fully saturated rings. The van der Waals surface area contributed by atoms with Gasteiger partial charge in [-0.25, -0.2) is 0 Å². The van der Waals surface area contributed by atoms with Crippen LogP contribution in [0.1, 0.15) is 15.9 Å². The molecule has 0 saturated heterocycles. The molecular formula is C14H16F3N3O2. The zero-order valence-electron chi connectivity index (χ0n) is 12.3. The maximum atomic E-state index is 12.4. The van der Waals surface area contributed by atoms with Gasteiger partial charge in [0.15, 0.2) is 12.1 Å². The predicted molar refractivity (Wildman–Crippen MR) is 76.3 cm³/mol. The third kappa shape index (κ3) is 4.88. The van der Waals surface area contributed by atoms with Crippen molar-refractivity contribution in [1.82, 2.24) is 9.78 Å². The lowest BCUT2D eigenvalue weighted by Gasteiger charge is -2.08. The van der Waals surface area contributed by atoms with Gasteiger partial charge in [0.2, 0.25) is 0 Å². The molecule has 120 valence electrons. The highest BCUT2D eigenvalue weighted by molar-refractivity contribution is 5.83. The standard InChI is InChI=1S/C12H10F3N3O.C2H6O/c1-18-6-8(7-19)11(17-18)16-10-4-2-9(3-5-10)12(13,14)15;1-3-2/h2-7H,1H3,(H,16,17);1-2H3. The van der Waals surface area contributed by atoms with Crippen molar-refractivity contribution in [3.8, 4) is 0 Å². The monoisotopic (exact) mass is 315 g/mol. The topological polar surface area (TPSA) is 56.1 Å². The maximum absolute atomic E-state index is 12.4. The number of carbonyl (C=O) groups is 1. The van der Waals surface area contributed by atoms with Crippen LogP contribution in [-0.2, 0) is 18.0 Å². The minimum atomic E-state index is -4.36. The molecule has 1 N–H and O–H groups in total. The molecule has 8 heteroatoms. The van der Waals surface area contributed by atoms with Crippen molar-refractivity contribution in [1.29, 1.82) is 0 Å². The van der Waals surface area contributed by atoms with Crippen LogP contribution in [0, 0.1) is 0 Å². The van der Waals surface area contributed by atoms with Gasteiger partial charge in [0, 0.05) is 33.2 Å². The molecule has 0 saturated carbocycles. The Balaban J connectivity index is 0.000000745. The third-order valence-corrected chi connectivity index (χ3v) is 2.46. The first kappa shape index (κ1) is 17.7. The van der Waals surface area contributed by atoms with Gasteiger partial charge in [-0.15, -0.1) is 0 Å². The molecule has 1 heterocycles. The molecule has 0 aliphatic heterocycles. The largest absolute Gasteiger partial charge is 0.416 e. The number of carbonyl (C=O) groups excluding carboxylic acids is 1. The molecule has 1 aromatic heterocycles. The minimum Gasteiger partial charge on any atom is -0.388 e. The van der Waals surface area contributed by atoms with E-state index < -0.39 is 11.7 Å². The van der Waals surface area contributed by atoms with Gasteiger partial charge in [-0.2, -0.15) is 18.3 Å². The van der Waals surface area contributed by atoms with Crippen molar-refractivity contribution in [2.75, 3.05) is 19.5 Å². The number of aromatic nitrogens is 2. The zero-order valence-corrected chi connectivity index (χ0v) is 12.3. The number of aldehydes is 1. The molecule has 0 amide bonds. The Bertz CT molecular complexity index is 607. The van der Waals surface area contributed by atoms with Crippen molar-refractivity contribution in [3.05, 3.63) is 41.6 Å². The van der Waals surface area contributed by atoms with E-state index in [2.05, 4.69) is 15.2 Å². The van der Waals surface area contributed by atoms with Gasteiger partial charge >= 0.3 is 6.18 Å². The van der Waals surface area contributed by atoms with Crippen LogP contribution in [0.5, 0.6) is 0 Å². The van der Waals surface area contributed by atoms with Gasteiger partial charge in [0.1, 0.15) is 0 Å². The number of hydrogen-bond acceptors (Lipinski definition) is 4. The lowest BCUT2D eigenvalue weighted by atomic mass is 10.2. The molecule has 22 heavy (non-hydrogen) atoms. The fourth-order valence-electron chi connectivity index (χ4n) is 1.57. The Morgan fingerprint density at radius 2 is 1.77 bits per heavy atom. The number of rotatable bonds is 3. The number of ether oxygens (including phenoxy) is 1.